The van der Waals surface area contributed by atoms with E-state index in [1.54, 1.807) is 34.6 Å². The van der Waals surface area contributed by atoms with E-state index in [2.05, 4.69) is 13.8 Å². The van der Waals surface area contributed by atoms with Crippen LogP contribution in [0.4, 0.5) is 0 Å². The molecule has 0 saturated heterocycles. The molecule has 0 aromatic heterocycles. The van der Waals surface area contributed by atoms with E-state index in [1.165, 1.54) is 154 Å². The molecule has 0 nitrogen and oxygen atoms in total. The quantitative estimate of drug-likeness (QED) is 0.0498. The fraction of sp³-hybridized carbons (Fsp3) is 1.00. The Morgan fingerprint density at radius 1 is 0.235 bits per heavy atom. The molecule has 0 heterocycles. The first kappa shape index (κ1) is 35.6. The van der Waals surface area contributed by atoms with Gasteiger partial charge in [0.05, 0.1) is 0 Å². The third-order valence-corrected chi connectivity index (χ3v) is 19.9. The van der Waals surface area contributed by atoms with Crippen LogP contribution in [0.5, 0.6) is 0 Å². The normalized spacial score (nSPS) is 11.5. The summed E-state index contributed by atoms with van der Waals surface area (Å²) in [5, 5.41) is 0. The van der Waals surface area contributed by atoms with Crippen molar-refractivity contribution < 1.29 is 0 Å². The fourth-order valence-corrected chi connectivity index (χ4v) is 16.4. The molecule has 0 unspecified atom stereocenters. The molecule has 206 valence electrons. The zero-order valence-electron chi connectivity index (χ0n) is 24.0. The summed E-state index contributed by atoms with van der Waals surface area (Å²) in [5.74, 6) is 0. The summed E-state index contributed by atoms with van der Waals surface area (Å²) in [5.41, 5.74) is 0. The third-order valence-electron chi connectivity index (χ3n) is 7.25. The number of hydrogen-bond donors (Lipinski definition) is 0. The minimum atomic E-state index is 0.494. The topological polar surface area (TPSA) is 0 Å². The summed E-state index contributed by atoms with van der Waals surface area (Å²) in [6.45, 7) is 4.62. The molecule has 0 aliphatic carbocycles. The first-order chi connectivity index (χ1) is 16.9. The first-order valence-corrected chi connectivity index (χ1v) is 26.8. The minimum Gasteiger partial charge on any atom is -0.0654 e. The van der Waals surface area contributed by atoms with Crippen LogP contribution in [0.15, 0.2) is 0 Å². The summed E-state index contributed by atoms with van der Waals surface area (Å²) >= 11 is 0.988. The minimum absolute atomic E-state index is 0.494. The zero-order chi connectivity index (χ0) is 24.6. The summed E-state index contributed by atoms with van der Waals surface area (Å²) in [4.78, 5) is 0. The molecule has 0 N–H and O–H groups in total. The summed E-state index contributed by atoms with van der Waals surface area (Å²) in [6, 6.07) is 0. The van der Waals surface area contributed by atoms with Crippen LogP contribution in [0.3, 0.4) is 0 Å². The average molecular weight is 706 g/mol. The van der Waals surface area contributed by atoms with Gasteiger partial charge in [-0.1, -0.05) is 52.4 Å². The molecule has 0 bridgehead atoms. The Morgan fingerprint density at radius 2 is 0.412 bits per heavy atom. The van der Waals surface area contributed by atoms with Gasteiger partial charge in [0.1, 0.15) is 0 Å². The first-order valence-electron chi connectivity index (χ1n) is 16.2. The van der Waals surface area contributed by atoms with Gasteiger partial charge in [0.2, 0.25) is 0 Å². The van der Waals surface area contributed by atoms with Gasteiger partial charge in [-0.15, -0.1) is 0 Å². The van der Waals surface area contributed by atoms with Gasteiger partial charge in [0, 0.05) is 0 Å². The molecular weight excluding hydrogens is 640 g/mol. The molecule has 0 aliphatic rings. The smallest absolute Gasteiger partial charge is 0.0654 e. The molecule has 0 fully saturated rings. The number of hydrogen-bond acceptors (Lipinski definition) is 0. The monoisotopic (exact) mass is 710 g/mol. The average Bonchev–Trinajstić information content (AvgIpc) is 2.85. The van der Waals surface area contributed by atoms with Gasteiger partial charge >= 0.3 is 184 Å². The van der Waals surface area contributed by atoms with Crippen LogP contribution in [0, 0.1) is 0 Å². The third kappa shape index (κ3) is 33.6. The SMILES string of the molecule is CCCCCCCCCCCCCCCC[Te][Te]CCCCCCCCCCCCCCCC. The van der Waals surface area contributed by atoms with Gasteiger partial charge in [-0.3, -0.25) is 0 Å². The fourth-order valence-electron chi connectivity index (χ4n) is 4.83. The maximum absolute atomic E-state index is 2.31. The Kier molecular flexibility index (Phi) is 36.2. The molecule has 0 amide bonds. The van der Waals surface area contributed by atoms with E-state index >= 15 is 0 Å². The molecule has 0 aliphatic heterocycles. The van der Waals surface area contributed by atoms with Crippen molar-refractivity contribution in [1.82, 2.24) is 0 Å². The molecular formula is C32H66Te2. The van der Waals surface area contributed by atoms with E-state index in [1.807, 2.05) is 0 Å². The predicted octanol–water partition coefficient (Wildman–Crippen LogP) is 12.1. The van der Waals surface area contributed by atoms with Crippen LogP contribution in [0.1, 0.15) is 194 Å². The molecule has 2 heteroatoms. The Labute approximate surface area is 235 Å². The Morgan fingerprint density at radius 3 is 0.618 bits per heavy atom. The zero-order valence-corrected chi connectivity index (χ0v) is 28.7. The molecule has 0 aromatic carbocycles. The van der Waals surface area contributed by atoms with E-state index in [0.29, 0.717) is 34.1 Å². The van der Waals surface area contributed by atoms with Crippen molar-refractivity contribution in [2.24, 2.45) is 0 Å². The van der Waals surface area contributed by atoms with Crippen LogP contribution in [0.2, 0.25) is 8.94 Å². The second kappa shape index (κ2) is 34.6. The van der Waals surface area contributed by atoms with Crippen molar-refractivity contribution in [3.8, 4) is 0 Å². The standard InChI is InChI=1S/C32H66Te2/c1-3-5-7-9-11-13-15-17-19-21-23-25-27-29-31-33-34-32-30-28-26-24-22-20-18-16-14-12-10-8-6-4-2/h3-32H2,1-2H3. The van der Waals surface area contributed by atoms with Gasteiger partial charge in [-0.2, -0.15) is 0 Å². The number of unbranched alkanes of at least 4 members (excludes halogenated alkanes) is 26. The van der Waals surface area contributed by atoms with Crippen LogP contribution in [-0.4, -0.2) is 34.1 Å². The van der Waals surface area contributed by atoms with Gasteiger partial charge in [0.25, 0.3) is 0 Å². The number of rotatable bonds is 31. The predicted molar refractivity (Wildman–Crippen MR) is 162 cm³/mol. The summed E-state index contributed by atoms with van der Waals surface area (Å²) in [6.07, 6.45) is 42.0. The van der Waals surface area contributed by atoms with Crippen LogP contribution >= 0.6 is 0 Å². The molecule has 34 heavy (non-hydrogen) atoms. The van der Waals surface area contributed by atoms with E-state index in [-0.39, 0.29) is 0 Å². The summed E-state index contributed by atoms with van der Waals surface area (Å²) in [7, 11) is 0. The molecule has 0 aromatic rings. The molecule has 0 rings (SSSR count). The van der Waals surface area contributed by atoms with Crippen LogP contribution in [0.25, 0.3) is 0 Å². The molecule has 0 atom stereocenters. The van der Waals surface area contributed by atoms with Crippen molar-refractivity contribution in [1.29, 1.82) is 0 Å². The Hall–Kier alpha value is 1.58. The van der Waals surface area contributed by atoms with E-state index < -0.39 is 0 Å². The Bertz CT molecular complexity index is 299. The van der Waals surface area contributed by atoms with Gasteiger partial charge in [0.15, 0.2) is 0 Å². The van der Waals surface area contributed by atoms with Gasteiger partial charge < -0.3 is 0 Å². The van der Waals surface area contributed by atoms with E-state index in [9.17, 15) is 0 Å². The van der Waals surface area contributed by atoms with Gasteiger partial charge in [-0.25, -0.2) is 0 Å². The summed E-state index contributed by atoms with van der Waals surface area (Å²) < 4.78 is 3.37. The second-order valence-electron chi connectivity index (χ2n) is 10.8. The van der Waals surface area contributed by atoms with Crippen molar-refractivity contribution in [2.45, 2.75) is 203 Å². The van der Waals surface area contributed by atoms with Gasteiger partial charge in [-0.05, 0) is 0 Å². The molecule has 0 radical (unpaired) electrons. The van der Waals surface area contributed by atoms with Crippen molar-refractivity contribution >= 4 is 34.1 Å². The van der Waals surface area contributed by atoms with Crippen LogP contribution < -0.4 is 0 Å². The second-order valence-corrected chi connectivity index (χ2v) is 23.5. The van der Waals surface area contributed by atoms with Crippen LogP contribution in [-0.2, 0) is 0 Å². The Balaban J connectivity index is 2.99. The maximum atomic E-state index is 2.31. The van der Waals surface area contributed by atoms with Crippen molar-refractivity contribution in [3.05, 3.63) is 0 Å². The van der Waals surface area contributed by atoms with Crippen molar-refractivity contribution in [2.75, 3.05) is 0 Å². The van der Waals surface area contributed by atoms with Crippen molar-refractivity contribution in [3.63, 3.8) is 0 Å². The van der Waals surface area contributed by atoms with E-state index in [0.717, 1.165) is 0 Å². The molecule has 0 spiro atoms. The molecule has 0 saturated carbocycles. The van der Waals surface area contributed by atoms with E-state index in [4.69, 9.17) is 0 Å².